The third-order valence-electron chi connectivity index (χ3n) is 1.00. The Balaban J connectivity index is 0.000000640. The molecule has 0 amide bonds. The zero-order chi connectivity index (χ0) is 5.98. The largest absolute Gasteiger partial charge is 0.508 e. The fourth-order valence-electron chi connectivity index (χ4n) is 0.628. The van der Waals surface area contributed by atoms with Gasteiger partial charge in [-0.25, -0.2) is 0 Å². The maximum atomic E-state index is 8.81. The van der Waals surface area contributed by atoms with Crippen molar-refractivity contribution in [1.29, 1.82) is 0 Å². The summed E-state index contributed by atoms with van der Waals surface area (Å²) in [4.78, 5) is 0. The second-order valence-corrected chi connectivity index (χ2v) is 1.84. The summed E-state index contributed by atoms with van der Waals surface area (Å²) >= 11 is 0. The first-order valence-electron chi connectivity index (χ1n) is 2.54. The SMILES string of the molecule is Cc1cccc(O)c1.[Zr]. The number of phenolic OH excluding ortho intramolecular Hbond substituents is 1. The summed E-state index contributed by atoms with van der Waals surface area (Å²) in [5.41, 5.74) is 1.09. The van der Waals surface area contributed by atoms with Crippen LogP contribution in [0.1, 0.15) is 5.56 Å². The number of phenols is 1. The van der Waals surface area contributed by atoms with Crippen molar-refractivity contribution >= 4 is 0 Å². The van der Waals surface area contributed by atoms with Gasteiger partial charge in [-0.3, -0.25) is 0 Å². The van der Waals surface area contributed by atoms with Crippen molar-refractivity contribution in [1.82, 2.24) is 0 Å². The molecule has 1 nitrogen and oxygen atoms in total. The maximum absolute atomic E-state index is 8.81. The molecule has 0 aliphatic heterocycles. The predicted octanol–water partition coefficient (Wildman–Crippen LogP) is 1.70. The van der Waals surface area contributed by atoms with E-state index in [1.807, 2.05) is 19.1 Å². The zero-order valence-electron chi connectivity index (χ0n) is 5.26. The van der Waals surface area contributed by atoms with E-state index in [1.165, 1.54) is 0 Å². The first kappa shape index (κ1) is 8.90. The molecule has 1 aromatic rings. The Morgan fingerprint density at radius 1 is 1.33 bits per heavy atom. The van der Waals surface area contributed by atoms with Crippen LogP contribution in [0, 0.1) is 6.92 Å². The molecule has 46 valence electrons. The van der Waals surface area contributed by atoms with Crippen LogP contribution in [0.25, 0.3) is 0 Å². The van der Waals surface area contributed by atoms with Crippen molar-refractivity contribution in [2.45, 2.75) is 6.92 Å². The fraction of sp³-hybridized carbons (Fsp3) is 0.143. The van der Waals surface area contributed by atoms with Gasteiger partial charge >= 0.3 is 0 Å². The van der Waals surface area contributed by atoms with E-state index in [0.717, 1.165) is 5.56 Å². The van der Waals surface area contributed by atoms with E-state index >= 15 is 0 Å². The van der Waals surface area contributed by atoms with Crippen molar-refractivity contribution in [2.75, 3.05) is 0 Å². The van der Waals surface area contributed by atoms with Gasteiger partial charge in [0.1, 0.15) is 5.75 Å². The summed E-state index contributed by atoms with van der Waals surface area (Å²) in [6.45, 7) is 1.94. The molecule has 0 radical (unpaired) electrons. The Hall–Kier alpha value is -0.0969. The molecule has 1 N–H and O–H groups in total. The van der Waals surface area contributed by atoms with Crippen LogP contribution in [0.15, 0.2) is 24.3 Å². The number of benzene rings is 1. The molecule has 0 spiro atoms. The van der Waals surface area contributed by atoms with E-state index in [4.69, 9.17) is 5.11 Å². The van der Waals surface area contributed by atoms with Crippen LogP contribution in [0.4, 0.5) is 0 Å². The summed E-state index contributed by atoms with van der Waals surface area (Å²) in [6, 6.07) is 7.15. The van der Waals surface area contributed by atoms with Crippen LogP contribution >= 0.6 is 0 Å². The van der Waals surface area contributed by atoms with Gasteiger partial charge in [-0.2, -0.15) is 0 Å². The van der Waals surface area contributed by atoms with E-state index in [0.29, 0.717) is 5.75 Å². The molecule has 0 saturated heterocycles. The number of aryl methyl sites for hydroxylation is 1. The molecule has 0 heterocycles. The molecule has 1 rings (SSSR count). The molecular weight excluding hydrogens is 191 g/mol. The number of hydrogen-bond donors (Lipinski definition) is 1. The van der Waals surface area contributed by atoms with Gasteiger partial charge in [0.05, 0.1) is 0 Å². The van der Waals surface area contributed by atoms with Gasteiger partial charge in [-0.1, -0.05) is 12.1 Å². The summed E-state index contributed by atoms with van der Waals surface area (Å²) in [7, 11) is 0. The molecule has 0 aromatic heterocycles. The second-order valence-electron chi connectivity index (χ2n) is 1.84. The van der Waals surface area contributed by atoms with E-state index < -0.39 is 0 Å². The third-order valence-corrected chi connectivity index (χ3v) is 1.00. The van der Waals surface area contributed by atoms with Gasteiger partial charge in [0, 0.05) is 26.2 Å². The summed E-state index contributed by atoms with van der Waals surface area (Å²) in [6.07, 6.45) is 0. The number of aromatic hydroxyl groups is 1. The number of rotatable bonds is 0. The molecule has 2 heteroatoms. The van der Waals surface area contributed by atoms with Crippen LogP contribution in [0.3, 0.4) is 0 Å². The average molecular weight is 199 g/mol. The van der Waals surface area contributed by atoms with Gasteiger partial charge in [-0.15, -0.1) is 0 Å². The summed E-state index contributed by atoms with van der Waals surface area (Å²) in [5, 5.41) is 8.81. The molecule has 0 aliphatic carbocycles. The van der Waals surface area contributed by atoms with Crippen LogP contribution in [0.5, 0.6) is 5.75 Å². The van der Waals surface area contributed by atoms with Gasteiger partial charge in [0.15, 0.2) is 0 Å². The maximum Gasteiger partial charge on any atom is 0.115 e. The fourth-order valence-corrected chi connectivity index (χ4v) is 0.628. The van der Waals surface area contributed by atoms with E-state index in [9.17, 15) is 0 Å². The first-order valence-corrected chi connectivity index (χ1v) is 2.54. The quantitative estimate of drug-likeness (QED) is 0.674. The van der Waals surface area contributed by atoms with Crippen LogP contribution in [-0.4, -0.2) is 5.11 Å². The normalized spacial score (nSPS) is 8.11. The molecule has 0 unspecified atom stereocenters. The van der Waals surface area contributed by atoms with Crippen molar-refractivity contribution in [3.05, 3.63) is 29.8 Å². The zero-order valence-corrected chi connectivity index (χ0v) is 7.71. The molecule has 0 aliphatic rings. The molecule has 1 aromatic carbocycles. The van der Waals surface area contributed by atoms with Gasteiger partial charge in [0.25, 0.3) is 0 Å². The Kier molecular flexibility index (Phi) is 3.80. The summed E-state index contributed by atoms with van der Waals surface area (Å²) < 4.78 is 0. The third kappa shape index (κ3) is 2.81. The van der Waals surface area contributed by atoms with Gasteiger partial charge in [0.2, 0.25) is 0 Å². The van der Waals surface area contributed by atoms with Crippen molar-refractivity contribution in [2.24, 2.45) is 0 Å². The monoisotopic (exact) mass is 198 g/mol. The molecule has 0 bridgehead atoms. The predicted molar refractivity (Wildman–Crippen MR) is 32.8 cm³/mol. The topological polar surface area (TPSA) is 20.2 Å². The van der Waals surface area contributed by atoms with Crippen LogP contribution in [-0.2, 0) is 26.2 Å². The van der Waals surface area contributed by atoms with Crippen molar-refractivity contribution in [3.8, 4) is 5.75 Å². The molecule has 9 heavy (non-hydrogen) atoms. The molecule has 0 saturated carbocycles. The molecule has 0 fully saturated rings. The minimum atomic E-state index is 0. The second kappa shape index (κ2) is 3.84. The Bertz CT molecular complexity index is 169. The minimum Gasteiger partial charge on any atom is -0.508 e. The smallest absolute Gasteiger partial charge is 0.115 e. The van der Waals surface area contributed by atoms with Crippen LogP contribution < -0.4 is 0 Å². The Labute approximate surface area is 73.8 Å². The van der Waals surface area contributed by atoms with Gasteiger partial charge in [-0.05, 0) is 24.6 Å². The Morgan fingerprint density at radius 2 is 2.00 bits per heavy atom. The van der Waals surface area contributed by atoms with E-state index in [-0.39, 0.29) is 26.2 Å². The Morgan fingerprint density at radius 3 is 2.33 bits per heavy atom. The minimum absolute atomic E-state index is 0. The van der Waals surface area contributed by atoms with Gasteiger partial charge < -0.3 is 5.11 Å². The molecular formula is C7H8OZr. The first-order chi connectivity index (χ1) is 3.79. The van der Waals surface area contributed by atoms with E-state index in [1.54, 1.807) is 12.1 Å². The van der Waals surface area contributed by atoms with E-state index in [2.05, 4.69) is 0 Å². The standard InChI is InChI=1S/C7H8O.Zr/c1-6-3-2-4-7(8)5-6;/h2-5,8H,1H3;. The average Bonchev–Trinajstić information content (AvgIpc) is 1.64. The van der Waals surface area contributed by atoms with Crippen molar-refractivity contribution in [3.63, 3.8) is 0 Å². The van der Waals surface area contributed by atoms with Crippen molar-refractivity contribution < 1.29 is 31.3 Å². The summed E-state index contributed by atoms with van der Waals surface area (Å²) in [5.74, 6) is 0.338. The number of hydrogen-bond acceptors (Lipinski definition) is 1. The van der Waals surface area contributed by atoms with Crippen LogP contribution in [0.2, 0.25) is 0 Å². The molecule has 0 atom stereocenters.